The van der Waals surface area contributed by atoms with Gasteiger partial charge in [-0.25, -0.2) is 9.79 Å². The number of nitro groups is 1. The van der Waals surface area contributed by atoms with Crippen LogP contribution >= 0.6 is 34.3 Å². The van der Waals surface area contributed by atoms with Crippen LogP contribution in [-0.2, 0) is 17.6 Å². The number of esters is 1. The van der Waals surface area contributed by atoms with Crippen molar-refractivity contribution in [2.45, 2.75) is 32.6 Å². The van der Waals surface area contributed by atoms with Crippen LogP contribution in [0.25, 0.3) is 16.9 Å². The number of rotatable bonds is 6. The molecule has 4 aromatic rings. The van der Waals surface area contributed by atoms with Gasteiger partial charge in [0.2, 0.25) is 0 Å². The maximum Gasteiger partial charge on any atom is 0.341 e. The Bertz CT molecular complexity index is 1500. The van der Waals surface area contributed by atoms with Crippen LogP contribution in [0.4, 0.5) is 10.7 Å². The number of benzene rings is 2. The van der Waals surface area contributed by atoms with Crippen LogP contribution in [0.15, 0.2) is 58.9 Å². The highest BCUT2D eigenvalue weighted by Crippen LogP contribution is 2.40. The van der Waals surface area contributed by atoms with Crippen LogP contribution in [0.2, 0.25) is 5.02 Å². The van der Waals surface area contributed by atoms with Crippen LogP contribution in [0.1, 0.15) is 40.6 Å². The molecule has 0 N–H and O–H groups in total. The smallest absolute Gasteiger partial charge is 0.341 e. The van der Waals surface area contributed by atoms with E-state index in [9.17, 15) is 14.9 Å². The monoisotopic (exact) mass is 539 g/mol. The summed E-state index contributed by atoms with van der Waals surface area (Å²) >= 11 is 9.14. The van der Waals surface area contributed by atoms with Gasteiger partial charge in [0, 0.05) is 33.1 Å². The van der Waals surface area contributed by atoms with E-state index in [-0.39, 0.29) is 11.7 Å². The van der Waals surface area contributed by atoms with Crippen molar-refractivity contribution in [3.8, 4) is 16.9 Å². The summed E-state index contributed by atoms with van der Waals surface area (Å²) in [7, 11) is 0. The predicted octanol–water partition coefficient (Wildman–Crippen LogP) is 7.12. The number of thiazole rings is 1. The van der Waals surface area contributed by atoms with Crippen molar-refractivity contribution < 1.29 is 14.5 Å². The van der Waals surface area contributed by atoms with Gasteiger partial charge >= 0.3 is 5.97 Å². The number of non-ortho nitro benzene ring substituents is 1. The Balaban J connectivity index is 1.71. The molecule has 0 unspecified atom stereocenters. The summed E-state index contributed by atoms with van der Waals surface area (Å²) in [6.07, 6.45) is 3.94. The first-order chi connectivity index (χ1) is 17.5. The van der Waals surface area contributed by atoms with Crippen molar-refractivity contribution in [2.75, 3.05) is 6.61 Å². The number of aromatic nitrogens is 1. The second kappa shape index (κ2) is 10.4. The molecule has 0 atom stereocenters. The predicted molar refractivity (Wildman–Crippen MR) is 143 cm³/mol. The molecule has 0 saturated carbocycles. The highest BCUT2D eigenvalue weighted by molar-refractivity contribution is 7.16. The molecule has 1 aliphatic carbocycles. The number of thiophene rings is 1. The van der Waals surface area contributed by atoms with Gasteiger partial charge in [-0.3, -0.25) is 14.7 Å². The number of hydrogen-bond donors (Lipinski definition) is 0. The first kappa shape index (κ1) is 24.4. The first-order valence-corrected chi connectivity index (χ1v) is 13.6. The quantitative estimate of drug-likeness (QED) is 0.148. The third kappa shape index (κ3) is 4.74. The number of hydrogen-bond acceptors (Lipinski definition) is 7. The number of nitrogens with zero attached hydrogens (tertiary/aromatic N) is 3. The summed E-state index contributed by atoms with van der Waals surface area (Å²) in [6, 6.07) is 13.8. The molecule has 2 heterocycles. The van der Waals surface area contributed by atoms with Gasteiger partial charge in [-0.15, -0.1) is 22.7 Å². The van der Waals surface area contributed by atoms with Crippen LogP contribution < -0.4 is 4.80 Å². The summed E-state index contributed by atoms with van der Waals surface area (Å²) < 4.78 is 7.38. The molecule has 5 rings (SSSR count). The van der Waals surface area contributed by atoms with Gasteiger partial charge in [0.05, 0.1) is 22.8 Å². The molecule has 0 aliphatic heterocycles. The van der Waals surface area contributed by atoms with Crippen molar-refractivity contribution in [3.63, 3.8) is 0 Å². The molecule has 184 valence electrons. The van der Waals surface area contributed by atoms with Gasteiger partial charge < -0.3 is 4.74 Å². The van der Waals surface area contributed by atoms with Crippen molar-refractivity contribution in [1.29, 1.82) is 0 Å². The first-order valence-electron chi connectivity index (χ1n) is 11.5. The van der Waals surface area contributed by atoms with E-state index >= 15 is 0 Å². The van der Waals surface area contributed by atoms with E-state index in [0.717, 1.165) is 48.2 Å². The summed E-state index contributed by atoms with van der Waals surface area (Å²) in [5.74, 6) is -0.333. The molecular formula is C26H22ClN3O4S2. The fourth-order valence-corrected chi connectivity index (χ4v) is 6.66. The largest absolute Gasteiger partial charge is 0.462 e. The molecule has 0 radical (unpaired) electrons. The summed E-state index contributed by atoms with van der Waals surface area (Å²) in [6.45, 7) is 2.11. The van der Waals surface area contributed by atoms with Crippen molar-refractivity contribution in [2.24, 2.45) is 4.99 Å². The van der Waals surface area contributed by atoms with Gasteiger partial charge in [-0.05, 0) is 80.1 Å². The molecule has 36 heavy (non-hydrogen) atoms. The Morgan fingerprint density at radius 1 is 1.14 bits per heavy atom. The van der Waals surface area contributed by atoms with Crippen molar-refractivity contribution in [3.05, 3.63) is 89.9 Å². The normalized spacial score (nSPS) is 13.4. The lowest BCUT2D eigenvalue weighted by Gasteiger charge is -2.12. The lowest BCUT2D eigenvalue weighted by atomic mass is 9.95. The Morgan fingerprint density at radius 2 is 1.86 bits per heavy atom. The van der Waals surface area contributed by atoms with Crippen molar-refractivity contribution >= 4 is 50.9 Å². The second-order valence-corrected chi connectivity index (χ2v) is 10.6. The molecule has 10 heteroatoms. The maximum absolute atomic E-state index is 12.9. The SMILES string of the molecule is CCOC(=O)c1c(/N=c2\scc(-c3ccc([N+](=O)[O-])cc3)n2-c2ccc(Cl)cc2)sc2c1CCCC2. The topological polar surface area (TPSA) is 86.7 Å². The molecule has 7 nitrogen and oxygen atoms in total. The van der Waals surface area contributed by atoms with Gasteiger partial charge in [0.15, 0.2) is 4.80 Å². The van der Waals surface area contributed by atoms with E-state index in [0.29, 0.717) is 27.0 Å². The summed E-state index contributed by atoms with van der Waals surface area (Å²) in [5.41, 5.74) is 4.14. The van der Waals surface area contributed by atoms with Crippen LogP contribution in [-0.4, -0.2) is 22.1 Å². The molecule has 0 spiro atoms. The zero-order chi connectivity index (χ0) is 25.2. The number of fused-ring (bicyclic) bond motifs is 1. The van der Waals surface area contributed by atoms with E-state index in [4.69, 9.17) is 21.3 Å². The van der Waals surface area contributed by atoms with E-state index in [1.54, 1.807) is 42.5 Å². The van der Waals surface area contributed by atoms with Gasteiger partial charge in [0.1, 0.15) is 5.00 Å². The molecular weight excluding hydrogens is 518 g/mol. The fraction of sp³-hybridized carbons (Fsp3) is 0.231. The highest BCUT2D eigenvalue weighted by atomic mass is 35.5. The average Bonchev–Trinajstić information content (AvgIpc) is 3.46. The Labute approximate surface area is 220 Å². The molecule has 2 aromatic heterocycles. The van der Waals surface area contributed by atoms with Crippen LogP contribution in [0, 0.1) is 10.1 Å². The van der Waals surface area contributed by atoms with Gasteiger partial charge in [0.25, 0.3) is 5.69 Å². The van der Waals surface area contributed by atoms with Crippen LogP contribution in [0.5, 0.6) is 0 Å². The molecule has 0 fully saturated rings. The minimum atomic E-state index is -0.416. The standard InChI is InChI=1S/C26H22ClN3O4S2/c1-2-34-25(31)23-20-5-3-4-6-22(20)36-24(23)28-26-29(18-13-9-17(27)10-14-18)21(15-35-26)16-7-11-19(12-8-16)30(32)33/h7-15H,2-6H2,1H3/b28-26-. The Kier molecular flexibility index (Phi) is 7.04. The number of aryl methyl sites for hydroxylation is 1. The Morgan fingerprint density at radius 3 is 2.56 bits per heavy atom. The minimum absolute atomic E-state index is 0.0279. The lowest BCUT2D eigenvalue weighted by Crippen LogP contribution is -2.14. The van der Waals surface area contributed by atoms with Crippen molar-refractivity contribution in [1.82, 2.24) is 4.57 Å². The summed E-state index contributed by atoms with van der Waals surface area (Å²) in [4.78, 5) is 30.5. The highest BCUT2D eigenvalue weighted by Gasteiger charge is 2.26. The fourth-order valence-electron chi connectivity index (χ4n) is 4.31. The van der Waals surface area contributed by atoms with E-state index in [2.05, 4.69) is 0 Å². The number of carbonyl (C=O) groups excluding carboxylic acids is 1. The van der Waals surface area contributed by atoms with E-state index in [1.807, 2.05) is 22.1 Å². The van der Waals surface area contributed by atoms with Gasteiger partial charge in [-0.2, -0.15) is 0 Å². The van der Waals surface area contributed by atoms with Crippen LogP contribution in [0.3, 0.4) is 0 Å². The number of ether oxygens (including phenoxy) is 1. The third-order valence-corrected chi connectivity index (χ3v) is 8.26. The van der Waals surface area contributed by atoms with E-state index < -0.39 is 4.92 Å². The zero-order valence-electron chi connectivity index (χ0n) is 19.4. The number of carbonyl (C=O) groups is 1. The second-order valence-electron chi connectivity index (χ2n) is 8.24. The van der Waals surface area contributed by atoms with Gasteiger partial charge in [-0.1, -0.05) is 11.6 Å². The average molecular weight is 540 g/mol. The summed E-state index contributed by atoms with van der Waals surface area (Å²) in [5, 5.41) is 14.4. The molecule has 1 aliphatic rings. The molecule has 0 bridgehead atoms. The Hall–Kier alpha value is -3.27. The maximum atomic E-state index is 12.9. The zero-order valence-corrected chi connectivity index (χ0v) is 21.8. The minimum Gasteiger partial charge on any atom is -0.462 e. The molecule has 0 saturated heterocycles. The molecule has 2 aromatic carbocycles. The number of nitro benzene ring substituents is 1. The van der Waals surface area contributed by atoms with E-state index in [1.165, 1.54) is 28.3 Å². The third-order valence-electron chi connectivity index (χ3n) is 6.00. The number of halogens is 1. The molecule has 0 amide bonds. The lowest BCUT2D eigenvalue weighted by molar-refractivity contribution is -0.384.